The Bertz CT molecular complexity index is 1590. The number of nitrogens with zero attached hydrogens (tertiary/aromatic N) is 3. The van der Waals surface area contributed by atoms with Crippen LogP contribution in [0.3, 0.4) is 0 Å². The van der Waals surface area contributed by atoms with Crippen LogP contribution in [-0.2, 0) is 5.60 Å². The Morgan fingerprint density at radius 2 is 1.89 bits per heavy atom. The average molecular weight is 483 g/mol. The van der Waals surface area contributed by atoms with Gasteiger partial charge in [0.2, 0.25) is 5.43 Å². The SMILES string of the molecule is CC(C)NC(=O)c1cn(-c2cccc(C#Cc3cc(C(C)(C)O)c[n+]([O-])c3)c2)c2ncccc2c1=O. The molecular weight excluding hydrogens is 456 g/mol. The number of pyridine rings is 3. The lowest BCUT2D eigenvalue weighted by Gasteiger charge is -2.16. The molecule has 0 radical (unpaired) electrons. The normalized spacial score (nSPS) is 11.3. The summed E-state index contributed by atoms with van der Waals surface area (Å²) in [5.74, 6) is 5.56. The summed E-state index contributed by atoms with van der Waals surface area (Å²) < 4.78 is 2.31. The summed E-state index contributed by atoms with van der Waals surface area (Å²) in [5, 5.41) is 25.3. The monoisotopic (exact) mass is 482 g/mol. The highest BCUT2D eigenvalue weighted by Crippen LogP contribution is 2.19. The molecule has 0 saturated heterocycles. The van der Waals surface area contributed by atoms with Gasteiger partial charge in [0.05, 0.1) is 16.6 Å². The molecule has 0 saturated carbocycles. The molecule has 1 aromatic carbocycles. The van der Waals surface area contributed by atoms with Gasteiger partial charge in [-0.3, -0.25) is 9.59 Å². The first kappa shape index (κ1) is 24.6. The van der Waals surface area contributed by atoms with Crippen LogP contribution in [0.25, 0.3) is 16.7 Å². The molecule has 3 heterocycles. The van der Waals surface area contributed by atoms with E-state index in [2.05, 4.69) is 22.1 Å². The Balaban J connectivity index is 1.80. The molecule has 4 rings (SSSR count). The molecule has 0 atom stereocenters. The van der Waals surface area contributed by atoms with Gasteiger partial charge in [0, 0.05) is 35.2 Å². The number of hydrogen-bond donors (Lipinski definition) is 2. The van der Waals surface area contributed by atoms with Crippen LogP contribution >= 0.6 is 0 Å². The average Bonchev–Trinajstić information content (AvgIpc) is 2.82. The largest absolute Gasteiger partial charge is 0.619 e. The van der Waals surface area contributed by atoms with Gasteiger partial charge in [0.25, 0.3) is 5.91 Å². The van der Waals surface area contributed by atoms with Crippen LogP contribution < -0.4 is 15.5 Å². The van der Waals surface area contributed by atoms with Gasteiger partial charge in [0.1, 0.15) is 11.2 Å². The molecule has 3 aromatic heterocycles. The molecule has 0 fully saturated rings. The second-order valence-corrected chi connectivity index (χ2v) is 9.28. The second-order valence-electron chi connectivity index (χ2n) is 9.28. The summed E-state index contributed by atoms with van der Waals surface area (Å²) in [6.45, 7) is 6.85. The lowest BCUT2D eigenvalue weighted by molar-refractivity contribution is -0.606. The van der Waals surface area contributed by atoms with Crippen molar-refractivity contribution in [1.29, 1.82) is 0 Å². The highest BCUT2D eigenvalue weighted by molar-refractivity contribution is 5.97. The fourth-order valence-electron chi connectivity index (χ4n) is 3.69. The molecule has 0 aliphatic rings. The molecule has 8 nitrogen and oxygen atoms in total. The van der Waals surface area contributed by atoms with Crippen molar-refractivity contribution in [3.05, 3.63) is 105 Å². The Hall–Kier alpha value is -4.48. The zero-order chi connectivity index (χ0) is 26.0. The van der Waals surface area contributed by atoms with E-state index in [0.29, 0.717) is 38.1 Å². The highest BCUT2D eigenvalue weighted by atomic mass is 16.5. The van der Waals surface area contributed by atoms with Gasteiger partial charge in [0.15, 0.2) is 12.4 Å². The van der Waals surface area contributed by atoms with Gasteiger partial charge in [-0.25, -0.2) is 4.98 Å². The van der Waals surface area contributed by atoms with Crippen molar-refractivity contribution < 1.29 is 14.6 Å². The summed E-state index contributed by atoms with van der Waals surface area (Å²) >= 11 is 0. The minimum absolute atomic E-state index is 0.0177. The van der Waals surface area contributed by atoms with Crippen LogP contribution in [0.2, 0.25) is 0 Å². The van der Waals surface area contributed by atoms with Crippen molar-refractivity contribution in [3.8, 4) is 17.5 Å². The van der Waals surface area contributed by atoms with Crippen LogP contribution in [0.4, 0.5) is 0 Å². The fourth-order valence-corrected chi connectivity index (χ4v) is 3.69. The van der Waals surface area contributed by atoms with Crippen molar-refractivity contribution in [3.63, 3.8) is 0 Å². The Morgan fingerprint density at radius 3 is 2.61 bits per heavy atom. The third-order valence-electron chi connectivity index (χ3n) is 5.45. The lowest BCUT2D eigenvalue weighted by Crippen LogP contribution is -2.34. The zero-order valence-electron chi connectivity index (χ0n) is 20.4. The third-order valence-corrected chi connectivity index (χ3v) is 5.45. The second kappa shape index (κ2) is 9.64. The molecule has 0 unspecified atom stereocenters. The first-order chi connectivity index (χ1) is 17.0. The maximum atomic E-state index is 13.0. The number of carbonyl (C=O) groups excluding carboxylic acids is 1. The summed E-state index contributed by atoms with van der Waals surface area (Å²) in [6, 6.07) is 12.1. The van der Waals surface area contributed by atoms with Crippen LogP contribution in [0.1, 0.15) is 54.7 Å². The molecule has 0 spiro atoms. The Labute approximate surface area is 208 Å². The van der Waals surface area contributed by atoms with E-state index in [1.54, 1.807) is 54.9 Å². The molecular formula is C28H26N4O4. The highest BCUT2D eigenvalue weighted by Gasteiger charge is 2.20. The molecule has 8 heteroatoms. The van der Waals surface area contributed by atoms with E-state index in [1.807, 2.05) is 26.0 Å². The van der Waals surface area contributed by atoms with Gasteiger partial charge in [-0.05, 0) is 64.1 Å². The van der Waals surface area contributed by atoms with E-state index >= 15 is 0 Å². The van der Waals surface area contributed by atoms with Crippen LogP contribution in [0, 0.1) is 17.0 Å². The van der Waals surface area contributed by atoms with E-state index in [0.717, 1.165) is 0 Å². The van der Waals surface area contributed by atoms with Crippen LogP contribution in [0.5, 0.6) is 0 Å². The number of hydrogen-bond acceptors (Lipinski definition) is 5. The van der Waals surface area contributed by atoms with E-state index in [9.17, 15) is 19.9 Å². The molecule has 36 heavy (non-hydrogen) atoms. The smallest absolute Gasteiger partial charge is 0.256 e. The standard InChI is InChI=1S/C28H26N4O4/c1-18(2)30-27(34)24-17-32(26-23(25(24)33)9-6-12-29-26)22-8-5-7-19(14-22)10-11-20-13-21(28(3,4)35)16-31(36)15-20/h5-9,12-18,35H,1-4H3,(H,30,34). The number of benzene rings is 1. The zero-order valence-corrected chi connectivity index (χ0v) is 20.4. The van der Waals surface area contributed by atoms with E-state index in [1.165, 1.54) is 18.6 Å². The number of aromatic nitrogens is 3. The minimum atomic E-state index is -1.18. The van der Waals surface area contributed by atoms with E-state index in [-0.39, 0.29) is 17.0 Å². The number of nitrogens with one attached hydrogen (secondary N) is 1. The maximum Gasteiger partial charge on any atom is 0.256 e. The predicted octanol–water partition coefficient (Wildman–Crippen LogP) is 2.78. The van der Waals surface area contributed by atoms with Crippen molar-refractivity contribution in [2.45, 2.75) is 39.3 Å². The van der Waals surface area contributed by atoms with Crippen LogP contribution in [-0.4, -0.2) is 26.6 Å². The quantitative estimate of drug-likeness (QED) is 0.264. The molecule has 1 amide bonds. The minimum Gasteiger partial charge on any atom is -0.619 e. The van der Waals surface area contributed by atoms with Crippen molar-refractivity contribution in [2.24, 2.45) is 0 Å². The summed E-state index contributed by atoms with van der Waals surface area (Å²) in [5.41, 5.74) is 1.09. The maximum absolute atomic E-state index is 13.0. The van der Waals surface area contributed by atoms with Crippen molar-refractivity contribution in [1.82, 2.24) is 14.9 Å². The van der Waals surface area contributed by atoms with E-state index < -0.39 is 11.5 Å². The summed E-state index contributed by atoms with van der Waals surface area (Å²) in [6.07, 6.45) is 5.73. The number of aliphatic hydroxyl groups is 1. The first-order valence-corrected chi connectivity index (χ1v) is 11.4. The van der Waals surface area contributed by atoms with Gasteiger partial charge in [-0.1, -0.05) is 17.9 Å². The number of carbonyl (C=O) groups is 1. The number of amides is 1. The molecule has 182 valence electrons. The summed E-state index contributed by atoms with van der Waals surface area (Å²) in [4.78, 5) is 30.1. The molecule has 2 N–H and O–H groups in total. The Morgan fingerprint density at radius 1 is 1.14 bits per heavy atom. The number of rotatable bonds is 4. The fraction of sp³-hybridized carbons (Fsp3) is 0.214. The third kappa shape index (κ3) is 5.27. The van der Waals surface area contributed by atoms with Gasteiger partial charge in [-0.15, -0.1) is 0 Å². The molecule has 0 aliphatic carbocycles. The molecule has 0 bridgehead atoms. The topological polar surface area (TPSA) is 111 Å². The van der Waals surface area contributed by atoms with Gasteiger partial charge in [-0.2, -0.15) is 4.73 Å². The summed E-state index contributed by atoms with van der Waals surface area (Å²) in [7, 11) is 0. The van der Waals surface area contributed by atoms with Gasteiger partial charge < -0.3 is 20.2 Å². The molecule has 0 aliphatic heterocycles. The first-order valence-electron chi connectivity index (χ1n) is 11.4. The van der Waals surface area contributed by atoms with Crippen LogP contribution in [0.15, 0.2) is 72.0 Å². The van der Waals surface area contributed by atoms with Crippen molar-refractivity contribution in [2.75, 3.05) is 0 Å². The lowest BCUT2D eigenvalue weighted by atomic mass is 9.99. The van der Waals surface area contributed by atoms with E-state index in [4.69, 9.17) is 0 Å². The predicted molar refractivity (Wildman–Crippen MR) is 137 cm³/mol. The molecule has 4 aromatic rings. The van der Waals surface area contributed by atoms with Gasteiger partial charge >= 0.3 is 0 Å². The number of fused-ring (bicyclic) bond motifs is 1. The van der Waals surface area contributed by atoms with Crippen molar-refractivity contribution >= 4 is 16.9 Å². The Kier molecular flexibility index (Phi) is 6.60.